The summed E-state index contributed by atoms with van der Waals surface area (Å²) in [6.07, 6.45) is 0. The number of amides is 1. The summed E-state index contributed by atoms with van der Waals surface area (Å²) in [6, 6.07) is 11.3. The topological polar surface area (TPSA) is 42.4 Å². The van der Waals surface area contributed by atoms with Crippen molar-refractivity contribution in [1.29, 1.82) is 0 Å². The first-order valence-electron chi connectivity index (χ1n) is 7.70. The highest BCUT2D eigenvalue weighted by Gasteiger charge is 2.20. The summed E-state index contributed by atoms with van der Waals surface area (Å²) in [5.74, 6) is 0.583. The number of nitrogens with zero attached hydrogens (tertiary/aromatic N) is 2. The van der Waals surface area contributed by atoms with Crippen LogP contribution in [0.15, 0.2) is 41.8 Å². The SMILES string of the molecule is Cc1nc(-c2cccs2)sc1C(=O)N(C)CCOc1ccccc1Cl. The van der Waals surface area contributed by atoms with Gasteiger partial charge in [-0.2, -0.15) is 0 Å². The lowest BCUT2D eigenvalue weighted by atomic mass is 10.3. The largest absolute Gasteiger partial charge is 0.490 e. The van der Waals surface area contributed by atoms with Crippen LogP contribution in [0.1, 0.15) is 15.4 Å². The van der Waals surface area contributed by atoms with Crippen LogP contribution in [-0.4, -0.2) is 36.0 Å². The molecule has 4 nitrogen and oxygen atoms in total. The van der Waals surface area contributed by atoms with Crippen molar-refractivity contribution in [2.75, 3.05) is 20.2 Å². The Kier molecular flexibility index (Phi) is 5.73. The number of ether oxygens (including phenoxy) is 1. The smallest absolute Gasteiger partial charge is 0.265 e. The normalized spacial score (nSPS) is 10.7. The van der Waals surface area contributed by atoms with E-state index in [4.69, 9.17) is 16.3 Å². The number of aryl methyl sites for hydroxylation is 1. The monoisotopic (exact) mass is 392 g/mol. The van der Waals surface area contributed by atoms with Crippen LogP contribution in [0.4, 0.5) is 0 Å². The number of carbonyl (C=O) groups excluding carboxylic acids is 1. The van der Waals surface area contributed by atoms with E-state index in [2.05, 4.69) is 4.98 Å². The van der Waals surface area contributed by atoms with Crippen molar-refractivity contribution in [1.82, 2.24) is 9.88 Å². The van der Waals surface area contributed by atoms with E-state index >= 15 is 0 Å². The Hall–Kier alpha value is -1.89. The summed E-state index contributed by atoms with van der Waals surface area (Å²) in [7, 11) is 1.77. The highest BCUT2D eigenvalue weighted by Crippen LogP contribution is 2.31. The predicted molar refractivity (Wildman–Crippen MR) is 104 cm³/mol. The first-order valence-corrected chi connectivity index (χ1v) is 9.78. The van der Waals surface area contributed by atoms with E-state index in [1.54, 1.807) is 29.4 Å². The number of carbonyl (C=O) groups is 1. The molecule has 130 valence electrons. The predicted octanol–water partition coefficient (Wildman–Crippen LogP) is 4.98. The third-order valence-electron chi connectivity index (χ3n) is 3.59. The molecule has 0 aliphatic rings. The summed E-state index contributed by atoms with van der Waals surface area (Å²) in [5.41, 5.74) is 0.761. The number of aromatic nitrogens is 1. The van der Waals surface area contributed by atoms with Gasteiger partial charge >= 0.3 is 0 Å². The van der Waals surface area contributed by atoms with Crippen molar-refractivity contribution in [2.24, 2.45) is 0 Å². The van der Waals surface area contributed by atoms with E-state index in [1.165, 1.54) is 11.3 Å². The van der Waals surface area contributed by atoms with Gasteiger partial charge in [-0.05, 0) is 30.5 Å². The Balaban J connectivity index is 1.62. The molecule has 0 aliphatic carbocycles. The van der Waals surface area contributed by atoms with Crippen LogP contribution in [-0.2, 0) is 0 Å². The minimum atomic E-state index is -0.0411. The average Bonchev–Trinajstić information content (AvgIpc) is 3.25. The Bertz CT molecular complexity index is 862. The summed E-state index contributed by atoms with van der Waals surface area (Å²) in [6.45, 7) is 2.71. The third-order valence-corrected chi connectivity index (χ3v) is 6.09. The molecular weight excluding hydrogens is 376 g/mol. The maximum Gasteiger partial charge on any atom is 0.265 e. The van der Waals surface area contributed by atoms with Crippen LogP contribution in [0, 0.1) is 6.92 Å². The number of thiophene rings is 1. The molecule has 2 aromatic heterocycles. The fourth-order valence-electron chi connectivity index (χ4n) is 2.23. The molecule has 0 spiro atoms. The van der Waals surface area contributed by atoms with Gasteiger partial charge in [-0.15, -0.1) is 22.7 Å². The van der Waals surface area contributed by atoms with Crippen molar-refractivity contribution in [3.05, 3.63) is 57.4 Å². The second-order valence-corrected chi connectivity index (χ2v) is 7.77. The summed E-state index contributed by atoms with van der Waals surface area (Å²) in [5, 5.41) is 3.46. The minimum absolute atomic E-state index is 0.0411. The van der Waals surface area contributed by atoms with Crippen molar-refractivity contribution in [2.45, 2.75) is 6.92 Å². The fraction of sp³-hybridized carbons (Fsp3) is 0.222. The molecule has 2 heterocycles. The molecule has 3 rings (SSSR count). The maximum atomic E-state index is 12.7. The van der Waals surface area contributed by atoms with Crippen LogP contribution < -0.4 is 4.74 Å². The van der Waals surface area contributed by atoms with Crippen LogP contribution in [0.25, 0.3) is 9.88 Å². The number of benzene rings is 1. The molecule has 3 aromatic rings. The second-order valence-electron chi connectivity index (χ2n) is 5.42. The van der Waals surface area contributed by atoms with Gasteiger partial charge in [0, 0.05) is 7.05 Å². The number of para-hydroxylation sites is 1. The molecule has 0 atom stereocenters. The molecule has 0 saturated heterocycles. The van der Waals surface area contributed by atoms with Gasteiger partial charge < -0.3 is 9.64 Å². The van der Waals surface area contributed by atoms with Crippen molar-refractivity contribution < 1.29 is 9.53 Å². The van der Waals surface area contributed by atoms with Gasteiger partial charge in [0.25, 0.3) is 5.91 Å². The molecular formula is C18H17ClN2O2S2. The van der Waals surface area contributed by atoms with E-state index in [-0.39, 0.29) is 5.91 Å². The second kappa shape index (κ2) is 7.99. The molecule has 0 unspecified atom stereocenters. The summed E-state index contributed by atoms with van der Waals surface area (Å²) < 4.78 is 5.65. The molecule has 0 radical (unpaired) electrons. The van der Waals surface area contributed by atoms with Crippen molar-refractivity contribution >= 4 is 40.2 Å². The summed E-state index contributed by atoms with van der Waals surface area (Å²) in [4.78, 5) is 20.6. The maximum absolute atomic E-state index is 12.7. The van der Waals surface area contributed by atoms with Gasteiger partial charge in [0.2, 0.25) is 0 Å². The molecule has 1 aromatic carbocycles. The average molecular weight is 393 g/mol. The minimum Gasteiger partial charge on any atom is -0.490 e. The third kappa shape index (κ3) is 4.21. The lowest BCUT2D eigenvalue weighted by molar-refractivity contribution is 0.0777. The van der Waals surface area contributed by atoms with E-state index in [0.29, 0.717) is 28.8 Å². The molecule has 0 N–H and O–H groups in total. The van der Waals surface area contributed by atoms with E-state index in [1.807, 2.05) is 42.6 Å². The molecule has 0 fully saturated rings. The Labute approximate surface area is 159 Å². The van der Waals surface area contributed by atoms with E-state index in [9.17, 15) is 4.79 Å². The van der Waals surface area contributed by atoms with Crippen LogP contribution in [0.3, 0.4) is 0 Å². The highest BCUT2D eigenvalue weighted by molar-refractivity contribution is 7.22. The zero-order valence-corrected chi connectivity index (χ0v) is 16.2. The zero-order chi connectivity index (χ0) is 17.8. The Morgan fingerprint density at radius 2 is 2.08 bits per heavy atom. The number of hydrogen-bond donors (Lipinski definition) is 0. The van der Waals surface area contributed by atoms with Gasteiger partial charge in [-0.25, -0.2) is 4.98 Å². The zero-order valence-electron chi connectivity index (χ0n) is 13.9. The molecule has 0 aliphatic heterocycles. The lowest BCUT2D eigenvalue weighted by Gasteiger charge is -2.17. The Morgan fingerprint density at radius 1 is 1.28 bits per heavy atom. The van der Waals surface area contributed by atoms with Crippen LogP contribution >= 0.6 is 34.3 Å². The fourth-order valence-corrected chi connectivity index (χ4v) is 4.28. The lowest BCUT2D eigenvalue weighted by Crippen LogP contribution is -2.30. The quantitative estimate of drug-likeness (QED) is 0.593. The number of hydrogen-bond acceptors (Lipinski definition) is 5. The molecule has 25 heavy (non-hydrogen) atoms. The Morgan fingerprint density at radius 3 is 2.80 bits per heavy atom. The van der Waals surface area contributed by atoms with Gasteiger partial charge in [0.05, 0.1) is 22.1 Å². The molecule has 0 saturated carbocycles. The van der Waals surface area contributed by atoms with Gasteiger partial charge in [-0.1, -0.05) is 29.8 Å². The first kappa shape index (κ1) is 17.9. The molecule has 7 heteroatoms. The number of rotatable bonds is 6. The van der Waals surface area contributed by atoms with E-state index in [0.717, 1.165) is 15.6 Å². The number of thiazole rings is 1. The van der Waals surface area contributed by atoms with Crippen LogP contribution in [0.2, 0.25) is 5.02 Å². The van der Waals surface area contributed by atoms with Crippen LogP contribution in [0.5, 0.6) is 5.75 Å². The van der Waals surface area contributed by atoms with Gasteiger partial charge in [-0.3, -0.25) is 4.79 Å². The molecule has 0 bridgehead atoms. The highest BCUT2D eigenvalue weighted by atomic mass is 35.5. The van der Waals surface area contributed by atoms with Crippen molar-refractivity contribution in [3.8, 4) is 15.6 Å². The van der Waals surface area contributed by atoms with Gasteiger partial charge in [0.1, 0.15) is 22.2 Å². The molecule has 1 amide bonds. The number of halogens is 1. The standard InChI is InChI=1S/C18H17ClN2O2S2/c1-12-16(25-17(20-12)15-8-5-11-24-15)18(22)21(2)9-10-23-14-7-4-3-6-13(14)19/h3-8,11H,9-10H2,1-2H3. The number of likely N-dealkylation sites (N-methyl/N-ethyl adjacent to an activating group) is 1. The summed E-state index contributed by atoms with van der Waals surface area (Å²) >= 11 is 9.11. The first-order chi connectivity index (χ1) is 12.1. The van der Waals surface area contributed by atoms with Gasteiger partial charge in [0.15, 0.2) is 0 Å². The van der Waals surface area contributed by atoms with Crippen molar-refractivity contribution in [3.63, 3.8) is 0 Å². The van der Waals surface area contributed by atoms with E-state index < -0.39 is 0 Å².